The molecule has 0 aromatic carbocycles. The SMILES string of the molecule is C=CCC1(C(=O)OC)CC/C=C\CCCCN(OC)C1=O. The van der Waals surface area contributed by atoms with Crippen LogP contribution >= 0.6 is 0 Å². The molecule has 5 nitrogen and oxygen atoms in total. The third kappa shape index (κ3) is 4.17. The van der Waals surface area contributed by atoms with Gasteiger partial charge in [0, 0.05) is 6.54 Å². The first-order valence-electron chi connectivity index (χ1n) is 7.32. The summed E-state index contributed by atoms with van der Waals surface area (Å²) in [7, 11) is 2.75. The van der Waals surface area contributed by atoms with Gasteiger partial charge in [-0.2, -0.15) is 0 Å². The lowest BCUT2D eigenvalue weighted by atomic mass is 9.78. The van der Waals surface area contributed by atoms with Crippen LogP contribution in [0.1, 0.15) is 38.5 Å². The lowest BCUT2D eigenvalue weighted by Crippen LogP contribution is -2.49. The molecule has 118 valence electrons. The number of allylic oxidation sites excluding steroid dienone is 3. The number of hydrogen-bond acceptors (Lipinski definition) is 4. The Morgan fingerprint density at radius 3 is 2.71 bits per heavy atom. The predicted octanol–water partition coefficient (Wildman–Crippen LogP) is 2.63. The molecule has 5 heteroatoms. The Labute approximate surface area is 126 Å². The molecule has 1 amide bonds. The molecule has 0 bridgehead atoms. The van der Waals surface area contributed by atoms with Gasteiger partial charge < -0.3 is 4.74 Å². The summed E-state index contributed by atoms with van der Waals surface area (Å²) in [6, 6.07) is 0. The van der Waals surface area contributed by atoms with E-state index < -0.39 is 11.4 Å². The molecule has 1 rings (SSSR count). The zero-order chi connectivity index (χ0) is 15.7. The van der Waals surface area contributed by atoms with Gasteiger partial charge in [-0.1, -0.05) is 18.2 Å². The number of hydroxylamine groups is 2. The van der Waals surface area contributed by atoms with E-state index in [0.29, 0.717) is 19.4 Å². The van der Waals surface area contributed by atoms with Crippen LogP contribution in [0.15, 0.2) is 24.8 Å². The first-order chi connectivity index (χ1) is 10.1. The highest BCUT2D eigenvalue weighted by Crippen LogP contribution is 2.34. The quantitative estimate of drug-likeness (QED) is 0.454. The molecule has 0 aromatic heterocycles. The third-order valence-corrected chi connectivity index (χ3v) is 3.81. The van der Waals surface area contributed by atoms with Crippen LogP contribution in [0.25, 0.3) is 0 Å². The first kappa shape index (κ1) is 17.4. The van der Waals surface area contributed by atoms with Crippen LogP contribution in [0.5, 0.6) is 0 Å². The van der Waals surface area contributed by atoms with Crippen molar-refractivity contribution in [3.63, 3.8) is 0 Å². The van der Waals surface area contributed by atoms with Crippen molar-refractivity contribution in [2.24, 2.45) is 5.41 Å². The zero-order valence-corrected chi connectivity index (χ0v) is 13.0. The van der Waals surface area contributed by atoms with Crippen LogP contribution in [0.2, 0.25) is 0 Å². The van der Waals surface area contributed by atoms with E-state index >= 15 is 0 Å². The van der Waals surface area contributed by atoms with Crippen molar-refractivity contribution < 1.29 is 19.2 Å². The van der Waals surface area contributed by atoms with Crippen molar-refractivity contribution in [3.05, 3.63) is 24.8 Å². The van der Waals surface area contributed by atoms with Crippen molar-refractivity contribution in [2.45, 2.75) is 38.5 Å². The molecule has 1 atom stereocenters. The minimum Gasteiger partial charge on any atom is -0.468 e. The van der Waals surface area contributed by atoms with E-state index in [1.165, 1.54) is 19.3 Å². The number of nitrogens with zero attached hydrogens (tertiary/aromatic N) is 1. The molecule has 0 radical (unpaired) electrons. The van der Waals surface area contributed by atoms with Crippen molar-refractivity contribution >= 4 is 11.9 Å². The largest absolute Gasteiger partial charge is 0.468 e. The molecular formula is C16H25NO4. The molecule has 0 N–H and O–H groups in total. The third-order valence-electron chi connectivity index (χ3n) is 3.81. The van der Waals surface area contributed by atoms with E-state index in [2.05, 4.69) is 12.7 Å². The maximum atomic E-state index is 12.8. The predicted molar refractivity (Wildman–Crippen MR) is 80.2 cm³/mol. The monoisotopic (exact) mass is 295 g/mol. The first-order valence-corrected chi connectivity index (χ1v) is 7.32. The van der Waals surface area contributed by atoms with Crippen molar-refractivity contribution in [1.82, 2.24) is 5.06 Å². The molecule has 1 aliphatic heterocycles. The second kappa shape index (κ2) is 8.62. The molecule has 0 saturated carbocycles. The Morgan fingerprint density at radius 2 is 2.10 bits per heavy atom. The number of rotatable bonds is 4. The second-order valence-electron chi connectivity index (χ2n) is 5.16. The average molecular weight is 295 g/mol. The van der Waals surface area contributed by atoms with E-state index in [-0.39, 0.29) is 12.3 Å². The smallest absolute Gasteiger partial charge is 0.321 e. The van der Waals surface area contributed by atoms with Gasteiger partial charge in [0.05, 0.1) is 14.2 Å². The number of carbonyl (C=O) groups excluding carboxylic acids is 2. The van der Waals surface area contributed by atoms with E-state index in [0.717, 1.165) is 19.3 Å². The maximum absolute atomic E-state index is 12.8. The number of carbonyl (C=O) groups is 2. The molecule has 1 heterocycles. The summed E-state index contributed by atoms with van der Waals surface area (Å²) in [5, 5.41) is 1.28. The summed E-state index contributed by atoms with van der Waals surface area (Å²) < 4.78 is 4.89. The minimum absolute atomic E-state index is 0.242. The maximum Gasteiger partial charge on any atom is 0.321 e. The average Bonchev–Trinajstić information content (AvgIpc) is 2.53. The van der Waals surface area contributed by atoms with Crippen molar-refractivity contribution in [3.8, 4) is 0 Å². The number of ether oxygens (including phenoxy) is 1. The van der Waals surface area contributed by atoms with Gasteiger partial charge in [-0.25, -0.2) is 5.06 Å². The number of methoxy groups -OCH3 is 1. The summed E-state index contributed by atoms with van der Waals surface area (Å²) >= 11 is 0. The minimum atomic E-state index is -1.25. The van der Waals surface area contributed by atoms with Crippen LogP contribution < -0.4 is 0 Å². The van der Waals surface area contributed by atoms with Gasteiger partial charge in [0.15, 0.2) is 5.41 Å². The second-order valence-corrected chi connectivity index (χ2v) is 5.16. The molecule has 0 fully saturated rings. The number of esters is 1. The van der Waals surface area contributed by atoms with E-state index in [9.17, 15) is 9.59 Å². The molecule has 0 aromatic rings. The van der Waals surface area contributed by atoms with E-state index in [4.69, 9.17) is 9.57 Å². The zero-order valence-electron chi connectivity index (χ0n) is 13.0. The fourth-order valence-electron chi connectivity index (χ4n) is 2.61. The Bertz CT molecular complexity index is 405. The Morgan fingerprint density at radius 1 is 1.38 bits per heavy atom. The van der Waals surface area contributed by atoms with Gasteiger partial charge in [0.25, 0.3) is 5.91 Å². The normalized spacial score (nSPS) is 25.8. The van der Waals surface area contributed by atoms with Crippen LogP contribution in [0, 0.1) is 5.41 Å². The van der Waals surface area contributed by atoms with Crippen LogP contribution in [0.4, 0.5) is 0 Å². The lowest BCUT2D eigenvalue weighted by molar-refractivity contribution is -0.194. The molecule has 21 heavy (non-hydrogen) atoms. The molecule has 1 aliphatic rings. The molecular weight excluding hydrogens is 270 g/mol. The molecule has 0 aliphatic carbocycles. The van der Waals surface area contributed by atoms with E-state index in [1.807, 2.05) is 6.08 Å². The van der Waals surface area contributed by atoms with Gasteiger partial charge in [-0.15, -0.1) is 6.58 Å². The summed E-state index contributed by atoms with van der Waals surface area (Å²) in [4.78, 5) is 30.3. The fourth-order valence-corrected chi connectivity index (χ4v) is 2.61. The highest BCUT2D eigenvalue weighted by Gasteiger charge is 2.48. The summed E-state index contributed by atoms with van der Waals surface area (Å²) in [6.07, 6.45) is 9.77. The van der Waals surface area contributed by atoms with Gasteiger partial charge in [-0.05, 0) is 38.5 Å². The molecule has 1 unspecified atom stereocenters. The van der Waals surface area contributed by atoms with Crippen molar-refractivity contribution in [2.75, 3.05) is 20.8 Å². The van der Waals surface area contributed by atoms with Crippen LogP contribution in [0.3, 0.4) is 0 Å². The standard InChI is InChI=1S/C16H25NO4/c1-4-11-16(15(19)20-2)12-9-7-5-6-8-10-13-17(21-3)14(16)18/h4-5,7H,1,6,8-13H2,2-3H3/b7-5-. The van der Waals surface area contributed by atoms with E-state index in [1.54, 1.807) is 6.08 Å². The molecule has 0 spiro atoms. The molecule has 0 saturated heterocycles. The van der Waals surface area contributed by atoms with Gasteiger partial charge in [0.1, 0.15) is 0 Å². The van der Waals surface area contributed by atoms with Crippen molar-refractivity contribution in [1.29, 1.82) is 0 Å². The Balaban J connectivity index is 3.16. The summed E-state index contributed by atoms with van der Waals surface area (Å²) in [5.41, 5.74) is -1.25. The topological polar surface area (TPSA) is 55.8 Å². The van der Waals surface area contributed by atoms with Gasteiger partial charge >= 0.3 is 5.97 Å². The summed E-state index contributed by atoms with van der Waals surface area (Å²) in [6.45, 7) is 4.15. The Hall–Kier alpha value is -1.62. The van der Waals surface area contributed by atoms with Crippen LogP contribution in [-0.2, 0) is 19.2 Å². The van der Waals surface area contributed by atoms with Crippen LogP contribution in [-0.4, -0.2) is 37.7 Å². The Kier molecular flexibility index (Phi) is 7.15. The lowest BCUT2D eigenvalue weighted by Gasteiger charge is -2.33. The number of hydrogen-bond donors (Lipinski definition) is 0. The fraction of sp³-hybridized carbons (Fsp3) is 0.625. The number of amides is 1. The van der Waals surface area contributed by atoms with Gasteiger partial charge in [-0.3, -0.25) is 14.4 Å². The highest BCUT2D eigenvalue weighted by atomic mass is 16.7. The van der Waals surface area contributed by atoms with Gasteiger partial charge in [0.2, 0.25) is 0 Å². The summed E-state index contributed by atoms with van der Waals surface area (Å²) in [5.74, 6) is -0.867. The highest BCUT2D eigenvalue weighted by molar-refractivity contribution is 6.02.